The number of sulfonamides is 1. The summed E-state index contributed by atoms with van der Waals surface area (Å²) in [6.45, 7) is 3.45. The van der Waals surface area contributed by atoms with Crippen LogP contribution in [0.25, 0.3) is 10.1 Å². The summed E-state index contributed by atoms with van der Waals surface area (Å²) in [5.41, 5.74) is 0.318. The Morgan fingerprint density at radius 3 is 2.32 bits per heavy atom. The van der Waals surface area contributed by atoms with Crippen molar-refractivity contribution in [2.24, 2.45) is 0 Å². The van der Waals surface area contributed by atoms with Crippen LogP contribution in [0.4, 0.5) is 24.5 Å². The third-order valence-corrected chi connectivity index (χ3v) is 7.90. The molecule has 0 aliphatic heterocycles. The zero-order valence-corrected chi connectivity index (χ0v) is 22.5. The molecule has 0 saturated carbocycles. The number of anilines is 2. The second-order valence-electron chi connectivity index (χ2n) is 8.77. The molecule has 0 aliphatic rings. The number of hydrogen-bond acceptors (Lipinski definition) is 6. The monoisotopic (exact) mass is 570 g/mol. The number of thiophene rings is 1. The van der Waals surface area contributed by atoms with Gasteiger partial charge in [0.25, 0.3) is 0 Å². The van der Waals surface area contributed by atoms with Gasteiger partial charge in [-0.15, -0.1) is 24.5 Å². The van der Waals surface area contributed by atoms with Gasteiger partial charge >= 0.3 is 6.36 Å². The van der Waals surface area contributed by atoms with Crippen molar-refractivity contribution in [1.29, 1.82) is 0 Å². The lowest BCUT2D eigenvalue weighted by molar-refractivity contribution is -0.274. The predicted molar refractivity (Wildman–Crippen MR) is 140 cm³/mol. The molecule has 4 aromatic rings. The second-order valence-corrected chi connectivity index (χ2v) is 11.9. The van der Waals surface area contributed by atoms with Gasteiger partial charge in [-0.2, -0.15) is 0 Å². The van der Waals surface area contributed by atoms with E-state index >= 15 is 0 Å². The van der Waals surface area contributed by atoms with E-state index in [0.29, 0.717) is 16.9 Å². The Hall–Kier alpha value is -3.02. The van der Waals surface area contributed by atoms with E-state index in [1.165, 1.54) is 30.6 Å². The molecule has 2 aromatic carbocycles. The fourth-order valence-corrected chi connectivity index (χ4v) is 5.88. The van der Waals surface area contributed by atoms with Crippen LogP contribution < -0.4 is 13.8 Å². The van der Waals surface area contributed by atoms with Crippen molar-refractivity contribution in [2.45, 2.75) is 25.6 Å². The Bertz CT molecular complexity index is 1570. The number of halogens is 4. The largest absolute Gasteiger partial charge is 0.573 e. The standard InChI is InChI=1S/C25H22ClF3N2O4S2/c1-24(2,16-10-19(34-3)14-20(11-16)35-25(27,28)29)22-12-18(13-23(26)30-22)31(37(4,32)33)17-5-6-21-15(9-17)7-8-36-21/h5-14H,1-4H3. The third-order valence-electron chi connectivity index (χ3n) is 5.73. The first-order valence-corrected chi connectivity index (χ1v) is 13.9. The zero-order chi connectivity index (χ0) is 27.2. The lowest BCUT2D eigenvalue weighted by atomic mass is 9.80. The lowest BCUT2D eigenvalue weighted by Gasteiger charge is -2.29. The molecule has 0 aliphatic carbocycles. The molecule has 196 valence electrons. The van der Waals surface area contributed by atoms with Gasteiger partial charge in [0.1, 0.15) is 16.7 Å². The Balaban J connectivity index is 1.85. The number of benzene rings is 2. The lowest BCUT2D eigenvalue weighted by Crippen LogP contribution is -2.26. The van der Waals surface area contributed by atoms with Crippen LogP contribution in [0.1, 0.15) is 25.1 Å². The maximum atomic E-state index is 12.9. The zero-order valence-electron chi connectivity index (χ0n) is 20.1. The average Bonchev–Trinajstić information content (AvgIpc) is 3.24. The summed E-state index contributed by atoms with van der Waals surface area (Å²) in [7, 11) is -2.49. The normalized spacial score (nSPS) is 12.5. The summed E-state index contributed by atoms with van der Waals surface area (Å²) >= 11 is 7.88. The molecule has 0 fully saturated rings. The van der Waals surface area contributed by atoms with Gasteiger partial charge in [0.05, 0.1) is 30.4 Å². The minimum Gasteiger partial charge on any atom is -0.497 e. The molecular weight excluding hydrogens is 549 g/mol. The third kappa shape index (κ3) is 5.94. The fraction of sp³-hybridized carbons (Fsp3) is 0.240. The molecule has 2 heterocycles. The number of hydrogen-bond donors (Lipinski definition) is 0. The van der Waals surface area contributed by atoms with Crippen molar-refractivity contribution in [3.05, 3.63) is 76.4 Å². The highest BCUT2D eigenvalue weighted by Gasteiger charge is 2.33. The summed E-state index contributed by atoms with van der Waals surface area (Å²) in [6.07, 6.45) is -3.82. The minimum absolute atomic E-state index is 0.0143. The molecule has 0 N–H and O–H groups in total. The highest BCUT2D eigenvalue weighted by Crippen LogP contribution is 2.40. The Kier molecular flexibility index (Phi) is 7.08. The molecule has 0 amide bonds. The SMILES string of the molecule is COc1cc(OC(F)(F)F)cc(C(C)(C)c2cc(N(c3ccc4sccc4c3)S(C)(=O)=O)cc(Cl)n2)c1. The smallest absolute Gasteiger partial charge is 0.497 e. The van der Waals surface area contributed by atoms with Crippen molar-refractivity contribution in [3.63, 3.8) is 0 Å². The Morgan fingerprint density at radius 2 is 1.68 bits per heavy atom. The van der Waals surface area contributed by atoms with Gasteiger partial charge in [0.15, 0.2) is 0 Å². The van der Waals surface area contributed by atoms with Gasteiger partial charge in [-0.25, -0.2) is 17.7 Å². The maximum Gasteiger partial charge on any atom is 0.573 e. The number of alkyl halides is 3. The topological polar surface area (TPSA) is 68.7 Å². The van der Waals surface area contributed by atoms with Crippen molar-refractivity contribution in [1.82, 2.24) is 4.98 Å². The molecular formula is C25H22ClF3N2O4S2. The average molecular weight is 571 g/mol. The number of rotatable bonds is 7. The second kappa shape index (κ2) is 9.70. The number of aromatic nitrogens is 1. The van der Waals surface area contributed by atoms with Crippen LogP contribution >= 0.6 is 22.9 Å². The summed E-state index contributed by atoms with van der Waals surface area (Å²) in [4.78, 5) is 4.38. The van der Waals surface area contributed by atoms with E-state index in [4.69, 9.17) is 16.3 Å². The summed E-state index contributed by atoms with van der Waals surface area (Å²) in [6, 6.07) is 14.1. The molecule has 37 heavy (non-hydrogen) atoms. The molecule has 6 nitrogen and oxygen atoms in total. The van der Waals surface area contributed by atoms with E-state index < -0.39 is 27.6 Å². The minimum atomic E-state index is -4.89. The highest BCUT2D eigenvalue weighted by atomic mass is 35.5. The summed E-state index contributed by atoms with van der Waals surface area (Å²) in [5, 5.41) is 2.81. The van der Waals surface area contributed by atoms with Crippen molar-refractivity contribution < 1.29 is 31.1 Å². The maximum absolute atomic E-state index is 12.9. The Morgan fingerprint density at radius 1 is 0.973 bits per heavy atom. The van der Waals surface area contributed by atoms with E-state index in [1.54, 1.807) is 38.1 Å². The molecule has 2 aromatic heterocycles. The number of methoxy groups -OCH3 is 1. The van der Waals surface area contributed by atoms with Gasteiger partial charge in [-0.1, -0.05) is 25.4 Å². The van der Waals surface area contributed by atoms with Gasteiger partial charge in [0.2, 0.25) is 10.0 Å². The number of fused-ring (bicyclic) bond motifs is 1. The molecule has 0 bridgehead atoms. The van der Waals surface area contributed by atoms with Gasteiger partial charge < -0.3 is 9.47 Å². The summed E-state index contributed by atoms with van der Waals surface area (Å²) in [5.74, 6) is -0.312. The predicted octanol–water partition coefficient (Wildman–Crippen LogP) is 7.28. The van der Waals surface area contributed by atoms with Crippen LogP contribution in [0.2, 0.25) is 5.15 Å². The van der Waals surface area contributed by atoms with E-state index in [-0.39, 0.29) is 16.6 Å². The van der Waals surface area contributed by atoms with Crippen molar-refractivity contribution >= 4 is 54.4 Å². The first-order valence-electron chi connectivity index (χ1n) is 10.8. The quantitative estimate of drug-likeness (QED) is 0.218. The van der Waals surface area contributed by atoms with Crippen LogP contribution in [0.3, 0.4) is 0 Å². The molecule has 0 saturated heterocycles. The fourth-order valence-electron chi connectivity index (χ4n) is 3.92. The number of pyridine rings is 1. The van der Waals surface area contributed by atoms with Crippen LogP contribution in [0.5, 0.6) is 11.5 Å². The van der Waals surface area contributed by atoms with E-state index in [0.717, 1.165) is 26.7 Å². The van der Waals surface area contributed by atoms with Crippen LogP contribution in [-0.4, -0.2) is 33.1 Å². The van der Waals surface area contributed by atoms with Crippen molar-refractivity contribution in [2.75, 3.05) is 17.7 Å². The van der Waals surface area contributed by atoms with E-state index in [9.17, 15) is 21.6 Å². The van der Waals surface area contributed by atoms with Gasteiger partial charge in [-0.05, 0) is 58.8 Å². The van der Waals surface area contributed by atoms with Crippen LogP contribution in [0, 0.1) is 0 Å². The molecule has 4 rings (SSSR count). The van der Waals surface area contributed by atoms with E-state index in [1.807, 2.05) is 17.5 Å². The van der Waals surface area contributed by atoms with Crippen LogP contribution in [-0.2, 0) is 15.4 Å². The first-order chi connectivity index (χ1) is 17.2. The molecule has 0 unspecified atom stereocenters. The van der Waals surface area contributed by atoms with Crippen LogP contribution in [0.15, 0.2) is 60.0 Å². The summed E-state index contributed by atoms with van der Waals surface area (Å²) < 4.78 is 76.1. The van der Waals surface area contributed by atoms with E-state index in [2.05, 4.69) is 9.72 Å². The Labute approximate surface area is 221 Å². The molecule has 0 atom stereocenters. The van der Waals surface area contributed by atoms with Gasteiger partial charge in [-0.3, -0.25) is 0 Å². The number of nitrogens with zero attached hydrogens (tertiary/aromatic N) is 2. The molecule has 0 spiro atoms. The van der Waals surface area contributed by atoms with Crippen molar-refractivity contribution in [3.8, 4) is 11.5 Å². The first kappa shape index (κ1) is 27.0. The number of ether oxygens (including phenoxy) is 2. The molecule has 0 radical (unpaired) electrons. The molecule has 12 heteroatoms. The van der Waals surface area contributed by atoms with Gasteiger partial charge in [0, 0.05) is 22.2 Å². The highest BCUT2D eigenvalue weighted by molar-refractivity contribution is 7.92.